The normalized spacial score (nSPS) is 12.6. The minimum absolute atomic E-state index is 0.00966. The number of ether oxygens (including phenoxy) is 1. The van der Waals surface area contributed by atoms with Crippen molar-refractivity contribution in [1.29, 1.82) is 0 Å². The molecule has 0 fully saturated rings. The molecule has 2 unspecified atom stereocenters. The van der Waals surface area contributed by atoms with E-state index in [1.54, 1.807) is 0 Å². The number of carbonyl (C=O) groups is 2. The molecule has 2 atom stereocenters. The lowest BCUT2D eigenvalue weighted by molar-refractivity contribution is -0.143. The fourth-order valence-corrected chi connectivity index (χ4v) is 9.64. The van der Waals surface area contributed by atoms with Gasteiger partial charge in [0.25, 0.3) is 0 Å². The highest BCUT2D eigenvalue weighted by Gasteiger charge is 2.20. The molecule has 0 bridgehead atoms. The van der Waals surface area contributed by atoms with E-state index in [2.05, 4.69) is 31.3 Å². The number of carbonyl (C=O) groups excluding carboxylic acids is 2. The van der Waals surface area contributed by atoms with Crippen LogP contribution in [0.5, 0.6) is 0 Å². The van der Waals surface area contributed by atoms with E-state index < -0.39 is 12.1 Å². The Bertz CT molecular complexity index is 1000. The molecule has 6 nitrogen and oxygen atoms in total. The Morgan fingerprint density at radius 1 is 0.403 bits per heavy atom. The van der Waals surface area contributed by atoms with Gasteiger partial charge in [-0.1, -0.05) is 289 Å². The summed E-state index contributed by atoms with van der Waals surface area (Å²) in [5, 5.41) is 23.2. The Labute approximate surface area is 419 Å². The van der Waals surface area contributed by atoms with Gasteiger partial charge in [-0.3, -0.25) is 9.59 Å². The molecule has 0 aromatic heterocycles. The van der Waals surface area contributed by atoms with E-state index >= 15 is 0 Å². The fraction of sp³-hybridized carbons (Fsp3) is 0.934. The van der Waals surface area contributed by atoms with Gasteiger partial charge in [0.2, 0.25) is 5.91 Å². The number of allylic oxidation sites excluding steroid dienone is 2. The van der Waals surface area contributed by atoms with Gasteiger partial charge in [0, 0.05) is 12.8 Å². The van der Waals surface area contributed by atoms with E-state index in [1.165, 1.54) is 263 Å². The molecule has 0 aromatic carbocycles. The molecule has 0 radical (unpaired) electrons. The number of hydrogen-bond donors (Lipinski definition) is 3. The van der Waals surface area contributed by atoms with Gasteiger partial charge in [0.15, 0.2) is 0 Å². The highest BCUT2D eigenvalue weighted by Crippen LogP contribution is 2.18. The van der Waals surface area contributed by atoms with Gasteiger partial charge in [-0.2, -0.15) is 0 Å². The molecule has 0 aliphatic heterocycles. The molecule has 0 saturated heterocycles. The second kappa shape index (κ2) is 57.2. The summed E-state index contributed by atoms with van der Waals surface area (Å²) in [6.07, 6.45) is 67.9. The minimum Gasteiger partial charge on any atom is -0.466 e. The summed E-state index contributed by atoms with van der Waals surface area (Å²) in [6.45, 7) is 4.96. The third kappa shape index (κ3) is 53.8. The van der Waals surface area contributed by atoms with Crippen molar-refractivity contribution in [2.75, 3.05) is 13.2 Å². The molecule has 3 N–H and O–H groups in total. The molecule has 0 spiro atoms. The van der Waals surface area contributed by atoms with Crippen molar-refractivity contribution in [3.8, 4) is 0 Å². The highest BCUT2D eigenvalue weighted by atomic mass is 16.5. The number of amides is 1. The first-order valence-electron chi connectivity index (χ1n) is 30.4. The fourth-order valence-electron chi connectivity index (χ4n) is 9.64. The Kier molecular flexibility index (Phi) is 56.0. The second-order valence-corrected chi connectivity index (χ2v) is 21.0. The van der Waals surface area contributed by atoms with E-state index in [0.717, 1.165) is 44.9 Å². The molecule has 67 heavy (non-hydrogen) atoms. The molecular formula is C61H119NO5. The monoisotopic (exact) mass is 946 g/mol. The molecule has 0 aliphatic carbocycles. The topological polar surface area (TPSA) is 95.9 Å². The summed E-state index contributed by atoms with van der Waals surface area (Å²) in [5.74, 6) is -0.0259. The summed E-state index contributed by atoms with van der Waals surface area (Å²) >= 11 is 0. The van der Waals surface area contributed by atoms with Crippen molar-refractivity contribution in [3.63, 3.8) is 0 Å². The average Bonchev–Trinajstić information content (AvgIpc) is 3.33. The SMILES string of the molecule is CCCCCCCCC/C=C\CCCCCCCCCC(=O)OCCCCCCCCCCCCCCCCCCCCCCCC(=O)NC(CO)C(O)CCCCCCCCCCCCC. The smallest absolute Gasteiger partial charge is 0.305 e. The first-order chi connectivity index (χ1) is 33.0. The lowest BCUT2D eigenvalue weighted by Gasteiger charge is -2.22. The average molecular weight is 947 g/mol. The number of esters is 1. The van der Waals surface area contributed by atoms with Crippen molar-refractivity contribution < 1.29 is 24.5 Å². The maximum Gasteiger partial charge on any atom is 0.305 e. The van der Waals surface area contributed by atoms with E-state index in [4.69, 9.17) is 4.74 Å². The van der Waals surface area contributed by atoms with Crippen molar-refractivity contribution in [3.05, 3.63) is 12.2 Å². The van der Waals surface area contributed by atoms with Gasteiger partial charge in [-0.15, -0.1) is 0 Å². The van der Waals surface area contributed by atoms with Gasteiger partial charge in [-0.25, -0.2) is 0 Å². The van der Waals surface area contributed by atoms with Crippen LogP contribution in [0.4, 0.5) is 0 Å². The number of rotatable bonds is 57. The van der Waals surface area contributed by atoms with Gasteiger partial charge in [0.1, 0.15) is 0 Å². The molecule has 0 heterocycles. The molecular weight excluding hydrogens is 827 g/mol. The standard InChI is InChI=1S/C61H119NO5/c1-3-5-7-9-11-13-15-16-17-18-25-28-31-35-39-43-47-51-55-61(66)67-56-52-48-44-40-36-32-29-26-23-21-19-20-22-24-27-30-34-38-42-46-50-54-60(65)62-58(57-63)59(64)53-49-45-41-37-33-14-12-10-8-6-4-2/h17-18,58-59,63-64H,3-16,19-57H2,1-2H3,(H,62,65)/b18-17-. The maximum atomic E-state index is 12.4. The summed E-state index contributed by atoms with van der Waals surface area (Å²) < 4.78 is 5.49. The largest absolute Gasteiger partial charge is 0.466 e. The Morgan fingerprint density at radius 3 is 1.06 bits per heavy atom. The van der Waals surface area contributed by atoms with E-state index in [9.17, 15) is 19.8 Å². The van der Waals surface area contributed by atoms with Crippen LogP contribution in [-0.2, 0) is 14.3 Å². The van der Waals surface area contributed by atoms with Crippen molar-refractivity contribution in [1.82, 2.24) is 5.32 Å². The second-order valence-electron chi connectivity index (χ2n) is 21.0. The Morgan fingerprint density at radius 2 is 0.701 bits per heavy atom. The molecule has 0 aromatic rings. The van der Waals surface area contributed by atoms with Gasteiger partial charge < -0.3 is 20.3 Å². The van der Waals surface area contributed by atoms with Gasteiger partial charge >= 0.3 is 5.97 Å². The van der Waals surface area contributed by atoms with Crippen LogP contribution in [0.3, 0.4) is 0 Å². The summed E-state index contributed by atoms with van der Waals surface area (Å²) in [4.78, 5) is 24.5. The number of hydrogen-bond acceptors (Lipinski definition) is 5. The summed E-state index contributed by atoms with van der Waals surface area (Å²) in [6, 6.07) is -0.540. The third-order valence-electron chi connectivity index (χ3n) is 14.3. The minimum atomic E-state index is -0.663. The number of aliphatic hydroxyl groups excluding tert-OH is 2. The zero-order valence-electron chi connectivity index (χ0n) is 45.4. The van der Waals surface area contributed by atoms with E-state index in [1.807, 2.05) is 0 Å². The zero-order chi connectivity index (χ0) is 48.6. The first-order valence-corrected chi connectivity index (χ1v) is 30.4. The molecule has 398 valence electrons. The zero-order valence-corrected chi connectivity index (χ0v) is 45.4. The highest BCUT2D eigenvalue weighted by molar-refractivity contribution is 5.76. The van der Waals surface area contributed by atoms with Crippen LogP contribution in [0.2, 0.25) is 0 Å². The summed E-state index contributed by atoms with van der Waals surface area (Å²) in [7, 11) is 0. The number of unbranched alkanes of at least 4 members (excludes halogenated alkanes) is 44. The number of nitrogens with one attached hydrogen (secondary N) is 1. The first kappa shape index (κ1) is 65.6. The van der Waals surface area contributed by atoms with E-state index in [0.29, 0.717) is 25.9 Å². The quantitative estimate of drug-likeness (QED) is 0.0321. The Hall–Kier alpha value is -1.40. The molecule has 0 saturated carbocycles. The van der Waals surface area contributed by atoms with Crippen LogP contribution >= 0.6 is 0 Å². The predicted octanol–water partition coefficient (Wildman–Crippen LogP) is 18.9. The van der Waals surface area contributed by atoms with Crippen molar-refractivity contribution in [2.45, 2.75) is 353 Å². The molecule has 0 aliphatic rings. The third-order valence-corrected chi connectivity index (χ3v) is 14.3. The van der Waals surface area contributed by atoms with Gasteiger partial charge in [-0.05, 0) is 51.4 Å². The maximum absolute atomic E-state index is 12.4. The van der Waals surface area contributed by atoms with Crippen LogP contribution in [0.15, 0.2) is 12.2 Å². The van der Waals surface area contributed by atoms with Crippen LogP contribution in [0, 0.1) is 0 Å². The van der Waals surface area contributed by atoms with Crippen molar-refractivity contribution >= 4 is 11.9 Å². The lowest BCUT2D eigenvalue weighted by Crippen LogP contribution is -2.45. The predicted molar refractivity (Wildman–Crippen MR) is 292 cm³/mol. The van der Waals surface area contributed by atoms with Crippen LogP contribution in [-0.4, -0.2) is 47.4 Å². The van der Waals surface area contributed by atoms with Crippen LogP contribution in [0.1, 0.15) is 341 Å². The van der Waals surface area contributed by atoms with Gasteiger partial charge in [0.05, 0.1) is 25.4 Å². The van der Waals surface area contributed by atoms with Crippen molar-refractivity contribution in [2.24, 2.45) is 0 Å². The van der Waals surface area contributed by atoms with Crippen LogP contribution in [0.25, 0.3) is 0 Å². The molecule has 1 amide bonds. The lowest BCUT2D eigenvalue weighted by atomic mass is 10.0. The summed E-state index contributed by atoms with van der Waals surface area (Å²) in [5.41, 5.74) is 0. The molecule has 6 heteroatoms. The van der Waals surface area contributed by atoms with Crippen LogP contribution < -0.4 is 5.32 Å². The van der Waals surface area contributed by atoms with E-state index in [-0.39, 0.29) is 18.5 Å². The molecule has 0 rings (SSSR count). The number of aliphatic hydroxyl groups is 2. The Balaban J connectivity index is 3.35.